The summed E-state index contributed by atoms with van der Waals surface area (Å²) < 4.78 is 7.33. The third kappa shape index (κ3) is 3.50. The second-order valence-electron chi connectivity index (χ2n) is 5.86. The van der Waals surface area contributed by atoms with E-state index in [0.717, 1.165) is 5.56 Å². The van der Waals surface area contributed by atoms with Crippen LogP contribution in [0.15, 0.2) is 52.8 Å². The number of pyridine rings is 1. The molecule has 0 atom stereocenters. The van der Waals surface area contributed by atoms with Gasteiger partial charge in [-0.1, -0.05) is 18.2 Å². The Kier molecular flexibility index (Phi) is 4.47. The molecule has 0 fully saturated rings. The summed E-state index contributed by atoms with van der Waals surface area (Å²) in [6.07, 6.45) is 1.77. The Bertz CT molecular complexity index is 960. The van der Waals surface area contributed by atoms with Crippen LogP contribution >= 0.6 is 0 Å². The first-order chi connectivity index (χ1) is 12.0. The number of carbonyl (C=O) groups is 1. The lowest BCUT2D eigenvalue weighted by Gasteiger charge is -2.10. The number of carboxylic acid groups (broad SMARTS) is 1. The fourth-order valence-electron chi connectivity index (χ4n) is 2.37. The molecular weight excluding hydrogens is 320 g/mol. The minimum absolute atomic E-state index is 0.00984. The van der Waals surface area contributed by atoms with Gasteiger partial charge in [-0.05, 0) is 44.5 Å². The number of fused-ring (bicyclic) bond motifs is 1. The van der Waals surface area contributed by atoms with Crippen molar-refractivity contribution in [2.24, 2.45) is 10.2 Å². The standard InChI is InChI=1S/C18H18N4O3/c1-11(2)25-14-7-5-4-6-13(14)20-21-17-16(18(23)24)19-15-9-8-12(3)10-22(15)17/h4-11H,1-3H3,(H,23,24). The van der Waals surface area contributed by atoms with E-state index in [1.54, 1.807) is 28.8 Å². The van der Waals surface area contributed by atoms with Crippen LogP contribution in [0.2, 0.25) is 0 Å². The quantitative estimate of drug-likeness (QED) is 0.691. The summed E-state index contributed by atoms with van der Waals surface area (Å²) in [4.78, 5) is 15.6. The number of imidazole rings is 1. The van der Waals surface area contributed by atoms with Gasteiger partial charge in [0.05, 0.1) is 6.10 Å². The molecule has 0 saturated heterocycles. The van der Waals surface area contributed by atoms with E-state index in [2.05, 4.69) is 15.2 Å². The van der Waals surface area contributed by atoms with Crippen LogP contribution in [0.3, 0.4) is 0 Å². The van der Waals surface area contributed by atoms with Crippen LogP contribution in [0, 0.1) is 6.92 Å². The van der Waals surface area contributed by atoms with E-state index < -0.39 is 5.97 Å². The number of azo groups is 1. The zero-order valence-corrected chi connectivity index (χ0v) is 14.2. The molecule has 0 amide bonds. The highest BCUT2D eigenvalue weighted by molar-refractivity contribution is 5.91. The Morgan fingerprint density at radius 1 is 1.20 bits per heavy atom. The van der Waals surface area contributed by atoms with Crippen molar-refractivity contribution < 1.29 is 14.6 Å². The maximum Gasteiger partial charge on any atom is 0.358 e. The number of para-hydroxylation sites is 1. The highest BCUT2D eigenvalue weighted by atomic mass is 16.5. The Labute approximate surface area is 144 Å². The molecule has 1 aromatic carbocycles. The van der Waals surface area contributed by atoms with E-state index in [1.807, 2.05) is 39.0 Å². The van der Waals surface area contributed by atoms with Crippen molar-refractivity contribution in [1.82, 2.24) is 9.38 Å². The number of aryl methyl sites for hydroxylation is 1. The van der Waals surface area contributed by atoms with Crippen LogP contribution in [0.25, 0.3) is 5.65 Å². The lowest BCUT2D eigenvalue weighted by Crippen LogP contribution is -2.05. The molecule has 2 aromatic heterocycles. The molecule has 0 aliphatic rings. The number of aromatic nitrogens is 2. The van der Waals surface area contributed by atoms with Crippen LogP contribution in [0.1, 0.15) is 29.9 Å². The van der Waals surface area contributed by atoms with Gasteiger partial charge in [0, 0.05) is 6.20 Å². The monoisotopic (exact) mass is 338 g/mol. The zero-order chi connectivity index (χ0) is 18.0. The summed E-state index contributed by atoms with van der Waals surface area (Å²) in [5.74, 6) is -0.393. The summed E-state index contributed by atoms with van der Waals surface area (Å²) in [6.45, 7) is 5.75. The first-order valence-electron chi connectivity index (χ1n) is 7.85. The predicted octanol–water partition coefficient (Wildman–Crippen LogP) is 4.54. The molecule has 7 nitrogen and oxygen atoms in total. The number of hydrogen-bond donors (Lipinski definition) is 1. The van der Waals surface area contributed by atoms with Gasteiger partial charge in [-0.25, -0.2) is 9.78 Å². The third-order valence-electron chi connectivity index (χ3n) is 3.42. The molecule has 0 aliphatic heterocycles. The number of nitrogens with zero attached hydrogens (tertiary/aromatic N) is 4. The summed E-state index contributed by atoms with van der Waals surface area (Å²) in [6, 6.07) is 10.8. The van der Waals surface area contributed by atoms with Gasteiger partial charge in [0.1, 0.15) is 17.1 Å². The molecule has 128 valence electrons. The van der Waals surface area contributed by atoms with E-state index in [0.29, 0.717) is 17.1 Å². The van der Waals surface area contributed by atoms with Crippen molar-refractivity contribution in [2.75, 3.05) is 0 Å². The Morgan fingerprint density at radius 3 is 2.68 bits per heavy atom. The Balaban J connectivity index is 2.09. The topological polar surface area (TPSA) is 88.5 Å². The van der Waals surface area contributed by atoms with Gasteiger partial charge in [0.2, 0.25) is 0 Å². The summed E-state index contributed by atoms with van der Waals surface area (Å²) in [5.41, 5.74) is 1.84. The van der Waals surface area contributed by atoms with Crippen LogP contribution in [-0.4, -0.2) is 26.6 Å². The summed E-state index contributed by atoms with van der Waals surface area (Å²) >= 11 is 0. The van der Waals surface area contributed by atoms with Gasteiger partial charge >= 0.3 is 5.97 Å². The summed E-state index contributed by atoms with van der Waals surface area (Å²) in [7, 11) is 0. The predicted molar refractivity (Wildman–Crippen MR) is 93.3 cm³/mol. The van der Waals surface area contributed by atoms with Gasteiger partial charge in [-0.3, -0.25) is 4.40 Å². The minimum atomic E-state index is -1.15. The third-order valence-corrected chi connectivity index (χ3v) is 3.42. The zero-order valence-electron chi connectivity index (χ0n) is 14.2. The molecule has 3 rings (SSSR count). The van der Waals surface area contributed by atoms with E-state index in [-0.39, 0.29) is 17.6 Å². The molecule has 25 heavy (non-hydrogen) atoms. The number of rotatable bonds is 5. The van der Waals surface area contributed by atoms with Crippen LogP contribution in [-0.2, 0) is 0 Å². The normalized spacial score (nSPS) is 11.5. The SMILES string of the molecule is Cc1ccc2nc(C(=O)O)c(N=Nc3ccccc3OC(C)C)n2c1. The highest BCUT2D eigenvalue weighted by Gasteiger charge is 2.18. The highest BCUT2D eigenvalue weighted by Crippen LogP contribution is 2.31. The minimum Gasteiger partial charge on any atom is -0.489 e. The average molecular weight is 338 g/mol. The van der Waals surface area contributed by atoms with Gasteiger partial charge in [-0.2, -0.15) is 0 Å². The molecule has 0 bridgehead atoms. The lowest BCUT2D eigenvalue weighted by molar-refractivity contribution is 0.0692. The first-order valence-corrected chi connectivity index (χ1v) is 7.85. The van der Waals surface area contributed by atoms with E-state index >= 15 is 0 Å². The molecule has 3 aromatic rings. The van der Waals surface area contributed by atoms with Crippen molar-refractivity contribution in [3.8, 4) is 5.75 Å². The molecule has 0 unspecified atom stereocenters. The average Bonchev–Trinajstić information content (AvgIpc) is 2.91. The van der Waals surface area contributed by atoms with Gasteiger partial charge < -0.3 is 9.84 Å². The Morgan fingerprint density at radius 2 is 1.96 bits per heavy atom. The number of aromatic carboxylic acids is 1. The maximum atomic E-state index is 11.5. The van der Waals surface area contributed by atoms with Gasteiger partial charge in [0.25, 0.3) is 0 Å². The van der Waals surface area contributed by atoms with E-state index in [9.17, 15) is 9.90 Å². The second kappa shape index (κ2) is 6.72. The van der Waals surface area contributed by atoms with Crippen molar-refractivity contribution in [3.05, 3.63) is 53.9 Å². The number of carboxylic acids is 1. The second-order valence-corrected chi connectivity index (χ2v) is 5.86. The molecule has 0 aliphatic carbocycles. The maximum absolute atomic E-state index is 11.5. The number of benzene rings is 1. The number of ether oxygens (including phenoxy) is 1. The largest absolute Gasteiger partial charge is 0.489 e. The fraction of sp³-hybridized carbons (Fsp3) is 0.222. The van der Waals surface area contributed by atoms with Crippen LogP contribution in [0.4, 0.5) is 11.5 Å². The van der Waals surface area contributed by atoms with Crippen LogP contribution < -0.4 is 4.74 Å². The van der Waals surface area contributed by atoms with Crippen molar-refractivity contribution >= 4 is 23.1 Å². The molecule has 0 radical (unpaired) electrons. The van der Waals surface area contributed by atoms with Gasteiger partial charge in [-0.15, -0.1) is 10.2 Å². The fourth-order valence-corrected chi connectivity index (χ4v) is 2.37. The van der Waals surface area contributed by atoms with Crippen molar-refractivity contribution in [1.29, 1.82) is 0 Å². The van der Waals surface area contributed by atoms with E-state index in [1.165, 1.54) is 0 Å². The first kappa shape index (κ1) is 16.6. The molecule has 0 spiro atoms. The molecule has 0 saturated carbocycles. The van der Waals surface area contributed by atoms with E-state index in [4.69, 9.17) is 4.74 Å². The molecular formula is C18H18N4O3. The smallest absolute Gasteiger partial charge is 0.358 e. The lowest BCUT2D eigenvalue weighted by atomic mass is 10.3. The Hall–Kier alpha value is -3.22. The van der Waals surface area contributed by atoms with Gasteiger partial charge in [0.15, 0.2) is 11.5 Å². The van der Waals surface area contributed by atoms with Crippen molar-refractivity contribution in [3.63, 3.8) is 0 Å². The molecule has 2 heterocycles. The molecule has 7 heteroatoms. The summed E-state index contributed by atoms with van der Waals surface area (Å²) in [5, 5.41) is 17.8. The van der Waals surface area contributed by atoms with Crippen molar-refractivity contribution in [2.45, 2.75) is 26.9 Å². The number of hydrogen-bond acceptors (Lipinski definition) is 5. The van der Waals surface area contributed by atoms with Crippen LogP contribution in [0.5, 0.6) is 5.75 Å². The molecule has 1 N–H and O–H groups in total.